The number of Topliss-reactive ketones (excluding diaryl/α,β-unsaturated/α-hetero) is 1. The van der Waals surface area contributed by atoms with E-state index in [9.17, 15) is 14.7 Å². The molecule has 0 aliphatic heterocycles. The molecule has 0 radical (unpaired) electrons. The molecule has 6 nitrogen and oxygen atoms in total. The third-order valence-electron chi connectivity index (χ3n) is 5.10. The van der Waals surface area contributed by atoms with Gasteiger partial charge in [-0.05, 0) is 42.3 Å². The SMILES string of the molecule is Cc1ccc(C(=O)/C(Cc2ccc(C#N)cc2)=C(/C(=O)[O-])c2ccc3nsnc3c2)cc1.[Na+]. The Bertz CT molecular complexity index is 1400. The number of ketones is 1. The van der Waals surface area contributed by atoms with Crippen LogP contribution in [-0.2, 0) is 11.2 Å². The summed E-state index contributed by atoms with van der Waals surface area (Å²) in [4.78, 5) is 25.8. The zero-order chi connectivity index (χ0) is 22.7. The van der Waals surface area contributed by atoms with Crippen LogP contribution in [0.1, 0.15) is 32.6 Å². The number of carbonyl (C=O) groups excluding carboxylic acids is 2. The van der Waals surface area contributed by atoms with Crippen molar-refractivity contribution >= 4 is 40.1 Å². The number of fused-ring (bicyclic) bond motifs is 1. The molecule has 0 aliphatic carbocycles. The largest absolute Gasteiger partial charge is 1.00 e. The van der Waals surface area contributed by atoms with E-state index in [4.69, 9.17) is 5.26 Å². The summed E-state index contributed by atoms with van der Waals surface area (Å²) in [5.74, 6) is -1.85. The maximum Gasteiger partial charge on any atom is 1.00 e. The molecule has 4 aromatic rings. The number of carbonyl (C=O) groups is 2. The number of aryl methyl sites for hydroxylation is 1. The molecule has 8 heteroatoms. The first kappa shape index (κ1) is 24.5. The van der Waals surface area contributed by atoms with Gasteiger partial charge in [0.25, 0.3) is 0 Å². The van der Waals surface area contributed by atoms with E-state index in [-0.39, 0.29) is 47.1 Å². The number of benzene rings is 3. The zero-order valence-corrected chi connectivity index (χ0v) is 20.8. The van der Waals surface area contributed by atoms with Gasteiger partial charge >= 0.3 is 29.6 Å². The standard InChI is InChI=1S/C25H17N3O3S.Na/c1-15-2-8-18(9-3-15)24(29)20(12-16-4-6-17(14-26)7-5-16)23(25(30)31)19-10-11-21-22(13-19)28-32-27-21;/h2-11,13H,12H2,1H3,(H,30,31);/q;+1/p-1/b23-20+;. The fourth-order valence-electron chi connectivity index (χ4n) is 3.42. The quantitative estimate of drug-likeness (QED) is 0.235. The van der Waals surface area contributed by atoms with Gasteiger partial charge < -0.3 is 9.90 Å². The molecule has 0 saturated carbocycles. The van der Waals surface area contributed by atoms with Crippen LogP contribution in [0.15, 0.2) is 72.3 Å². The normalized spacial score (nSPS) is 11.3. The molecule has 0 N–H and O–H groups in total. The van der Waals surface area contributed by atoms with Crippen LogP contribution in [-0.4, -0.2) is 20.5 Å². The average Bonchev–Trinajstić information content (AvgIpc) is 3.27. The minimum Gasteiger partial charge on any atom is -0.545 e. The van der Waals surface area contributed by atoms with Crippen molar-refractivity contribution in [2.45, 2.75) is 13.3 Å². The monoisotopic (exact) mass is 461 g/mol. The summed E-state index contributed by atoms with van der Waals surface area (Å²) in [6.45, 7) is 1.91. The number of aromatic nitrogens is 2. The van der Waals surface area contributed by atoms with Crippen molar-refractivity contribution in [3.05, 3.63) is 100 Å². The number of hydrogen-bond acceptors (Lipinski definition) is 7. The molecule has 0 atom stereocenters. The Kier molecular flexibility index (Phi) is 7.90. The molecule has 3 aromatic carbocycles. The van der Waals surface area contributed by atoms with Crippen molar-refractivity contribution in [2.24, 2.45) is 0 Å². The predicted octanol–water partition coefficient (Wildman–Crippen LogP) is 0.504. The third kappa shape index (κ3) is 5.44. The number of carboxylic acid groups (broad SMARTS) is 1. The van der Waals surface area contributed by atoms with Gasteiger partial charge in [-0.1, -0.05) is 48.0 Å². The van der Waals surface area contributed by atoms with Gasteiger partial charge in [-0.15, -0.1) is 0 Å². The van der Waals surface area contributed by atoms with Gasteiger partial charge in [-0.2, -0.15) is 14.0 Å². The Morgan fingerprint density at radius 1 is 0.939 bits per heavy atom. The number of rotatable bonds is 6. The van der Waals surface area contributed by atoms with Crippen LogP contribution in [0.4, 0.5) is 0 Å². The predicted molar refractivity (Wildman–Crippen MR) is 120 cm³/mol. The Labute approximate surface area is 216 Å². The van der Waals surface area contributed by atoms with Gasteiger partial charge in [-0.25, -0.2) is 0 Å². The first-order valence-electron chi connectivity index (χ1n) is 9.74. The fourth-order valence-corrected chi connectivity index (χ4v) is 3.93. The Balaban J connectivity index is 0.00000306. The molecular weight excluding hydrogens is 445 g/mol. The topological polar surface area (TPSA) is 107 Å². The second-order valence-electron chi connectivity index (χ2n) is 7.29. The molecule has 4 rings (SSSR count). The Morgan fingerprint density at radius 3 is 2.21 bits per heavy atom. The summed E-state index contributed by atoms with van der Waals surface area (Å²) in [7, 11) is 0. The molecular formula is C25H16N3NaO3S. The maximum atomic E-state index is 13.5. The van der Waals surface area contributed by atoms with Crippen molar-refractivity contribution < 1.29 is 44.3 Å². The molecule has 0 bridgehead atoms. The second-order valence-corrected chi connectivity index (χ2v) is 7.82. The molecule has 1 heterocycles. The minimum atomic E-state index is -1.45. The number of nitriles is 1. The van der Waals surface area contributed by atoms with Crippen LogP contribution in [0, 0.1) is 18.3 Å². The smallest absolute Gasteiger partial charge is 0.545 e. The van der Waals surface area contributed by atoms with Crippen LogP contribution in [0.2, 0.25) is 0 Å². The maximum absolute atomic E-state index is 13.5. The van der Waals surface area contributed by atoms with Crippen molar-refractivity contribution in [1.82, 2.24) is 8.75 Å². The summed E-state index contributed by atoms with van der Waals surface area (Å²) in [6, 6.07) is 20.6. The van der Waals surface area contributed by atoms with Crippen LogP contribution in [0.5, 0.6) is 0 Å². The first-order valence-corrected chi connectivity index (χ1v) is 10.5. The third-order valence-corrected chi connectivity index (χ3v) is 5.66. The van der Waals surface area contributed by atoms with Gasteiger partial charge in [0.2, 0.25) is 0 Å². The molecule has 156 valence electrons. The van der Waals surface area contributed by atoms with Gasteiger partial charge in [0.05, 0.1) is 29.3 Å². The van der Waals surface area contributed by atoms with Crippen molar-refractivity contribution in [3.63, 3.8) is 0 Å². The molecule has 0 unspecified atom stereocenters. The first-order chi connectivity index (χ1) is 15.5. The summed E-state index contributed by atoms with van der Waals surface area (Å²) >= 11 is 1.03. The summed E-state index contributed by atoms with van der Waals surface area (Å²) in [5.41, 5.74) is 3.99. The van der Waals surface area contributed by atoms with E-state index in [0.717, 1.165) is 17.3 Å². The average molecular weight is 461 g/mol. The van der Waals surface area contributed by atoms with Gasteiger partial charge in [-0.3, -0.25) is 4.79 Å². The van der Waals surface area contributed by atoms with Crippen LogP contribution in [0.3, 0.4) is 0 Å². The van der Waals surface area contributed by atoms with Crippen molar-refractivity contribution in [2.75, 3.05) is 0 Å². The van der Waals surface area contributed by atoms with E-state index < -0.39 is 11.8 Å². The van der Waals surface area contributed by atoms with E-state index in [1.165, 1.54) is 0 Å². The van der Waals surface area contributed by atoms with Gasteiger partial charge in [0, 0.05) is 23.1 Å². The van der Waals surface area contributed by atoms with Gasteiger partial charge in [0.1, 0.15) is 11.0 Å². The van der Waals surface area contributed by atoms with E-state index in [1.807, 2.05) is 13.0 Å². The van der Waals surface area contributed by atoms with E-state index in [0.29, 0.717) is 33.3 Å². The summed E-state index contributed by atoms with van der Waals surface area (Å²) < 4.78 is 8.32. The molecule has 0 fully saturated rings. The molecule has 0 spiro atoms. The Hall–Kier alpha value is -3.15. The van der Waals surface area contributed by atoms with E-state index >= 15 is 0 Å². The molecule has 0 saturated heterocycles. The molecule has 1 aromatic heterocycles. The Morgan fingerprint density at radius 2 is 1.58 bits per heavy atom. The van der Waals surface area contributed by atoms with Crippen LogP contribution < -0.4 is 34.7 Å². The molecule has 0 amide bonds. The number of aliphatic carboxylic acids is 1. The minimum absolute atomic E-state index is 0. The van der Waals surface area contributed by atoms with E-state index in [2.05, 4.69) is 8.75 Å². The fraction of sp³-hybridized carbons (Fsp3) is 0.0800. The van der Waals surface area contributed by atoms with Crippen LogP contribution in [0.25, 0.3) is 16.6 Å². The van der Waals surface area contributed by atoms with Crippen molar-refractivity contribution in [3.8, 4) is 6.07 Å². The van der Waals surface area contributed by atoms with Gasteiger partial charge in [0.15, 0.2) is 5.78 Å². The zero-order valence-electron chi connectivity index (χ0n) is 18.0. The van der Waals surface area contributed by atoms with Crippen LogP contribution >= 0.6 is 11.7 Å². The summed E-state index contributed by atoms with van der Waals surface area (Å²) in [6.07, 6.45) is 0.0646. The molecule has 0 aliphatic rings. The number of hydrogen-bond donors (Lipinski definition) is 0. The number of carboxylic acids is 1. The van der Waals surface area contributed by atoms with E-state index in [1.54, 1.807) is 66.7 Å². The second kappa shape index (κ2) is 10.6. The number of nitrogens with zero attached hydrogens (tertiary/aromatic N) is 3. The number of allylic oxidation sites excluding steroid dienone is 1. The van der Waals surface area contributed by atoms with Crippen molar-refractivity contribution in [1.29, 1.82) is 5.26 Å². The summed E-state index contributed by atoms with van der Waals surface area (Å²) in [5, 5.41) is 21.3. The molecule has 33 heavy (non-hydrogen) atoms.